The minimum absolute atomic E-state index is 0.355. The van der Waals surface area contributed by atoms with E-state index in [0.717, 1.165) is 5.56 Å². The summed E-state index contributed by atoms with van der Waals surface area (Å²) < 4.78 is 18.9. The Labute approximate surface area is 121 Å². The third kappa shape index (κ3) is 3.45. The normalized spacial score (nSPS) is 12.2. The molecular weight excluding hydrogens is 281 g/mol. The Morgan fingerprint density at radius 1 is 1.40 bits per heavy atom. The number of halogens is 2. The van der Waals surface area contributed by atoms with Gasteiger partial charge in [-0.15, -0.1) is 0 Å². The molecule has 3 N–H and O–H groups in total. The highest BCUT2D eigenvalue weighted by Gasteiger charge is 2.15. The van der Waals surface area contributed by atoms with E-state index in [-0.39, 0.29) is 11.9 Å². The molecule has 0 spiro atoms. The summed E-state index contributed by atoms with van der Waals surface area (Å²) in [6, 6.07) is 7.79. The van der Waals surface area contributed by atoms with E-state index < -0.39 is 0 Å². The molecule has 1 atom stereocenters. The molecule has 1 aromatic heterocycles. The first-order valence-electron chi connectivity index (χ1n) is 6.04. The number of benzene rings is 1. The lowest BCUT2D eigenvalue weighted by molar-refractivity contribution is 0.397. The fourth-order valence-corrected chi connectivity index (χ4v) is 2.09. The van der Waals surface area contributed by atoms with Crippen molar-refractivity contribution in [3.8, 4) is 5.88 Å². The average Bonchev–Trinajstić information content (AvgIpc) is 2.46. The van der Waals surface area contributed by atoms with Crippen molar-refractivity contribution in [2.75, 3.05) is 7.11 Å². The molecule has 0 saturated heterocycles. The number of aromatic nitrogens is 1. The number of nitrogens with one attached hydrogen (secondary N) is 1. The van der Waals surface area contributed by atoms with Gasteiger partial charge in [0.15, 0.2) is 0 Å². The summed E-state index contributed by atoms with van der Waals surface area (Å²) in [5, 5.41) is 0.355. The molecular formula is C14H15ClFN3O. The van der Waals surface area contributed by atoms with Crippen LogP contribution in [0.5, 0.6) is 5.88 Å². The average molecular weight is 296 g/mol. The largest absolute Gasteiger partial charge is 0.481 e. The number of hydrazine groups is 1. The van der Waals surface area contributed by atoms with Gasteiger partial charge in [-0.3, -0.25) is 11.3 Å². The summed E-state index contributed by atoms with van der Waals surface area (Å²) in [4.78, 5) is 4.11. The fourth-order valence-electron chi connectivity index (χ4n) is 1.93. The zero-order chi connectivity index (χ0) is 14.5. The molecule has 20 heavy (non-hydrogen) atoms. The van der Waals surface area contributed by atoms with Gasteiger partial charge < -0.3 is 4.74 Å². The SMILES string of the molecule is COc1ccc(CC(NN)c2ccc(Cl)cc2F)cn1. The molecule has 2 rings (SSSR count). The van der Waals surface area contributed by atoms with Crippen LogP contribution >= 0.6 is 11.6 Å². The minimum Gasteiger partial charge on any atom is -0.481 e. The van der Waals surface area contributed by atoms with Crippen molar-refractivity contribution in [3.05, 3.63) is 58.5 Å². The highest BCUT2D eigenvalue weighted by Crippen LogP contribution is 2.23. The van der Waals surface area contributed by atoms with Gasteiger partial charge in [-0.1, -0.05) is 23.7 Å². The van der Waals surface area contributed by atoms with Crippen LogP contribution in [0.4, 0.5) is 4.39 Å². The Bertz CT molecular complexity index is 577. The Morgan fingerprint density at radius 3 is 2.75 bits per heavy atom. The van der Waals surface area contributed by atoms with Crippen molar-refractivity contribution in [3.63, 3.8) is 0 Å². The lowest BCUT2D eigenvalue weighted by atomic mass is 10.00. The third-order valence-corrected chi connectivity index (χ3v) is 3.22. The van der Waals surface area contributed by atoms with Gasteiger partial charge in [-0.2, -0.15) is 0 Å². The summed E-state index contributed by atoms with van der Waals surface area (Å²) in [7, 11) is 1.55. The van der Waals surface area contributed by atoms with Crippen LogP contribution in [0.1, 0.15) is 17.2 Å². The van der Waals surface area contributed by atoms with Gasteiger partial charge in [0.2, 0.25) is 5.88 Å². The summed E-state index contributed by atoms with van der Waals surface area (Å²) in [6.45, 7) is 0. The molecule has 0 bridgehead atoms. The molecule has 0 aliphatic heterocycles. The molecule has 1 aromatic carbocycles. The first kappa shape index (κ1) is 14.7. The smallest absolute Gasteiger partial charge is 0.212 e. The van der Waals surface area contributed by atoms with Crippen LogP contribution in [0.25, 0.3) is 0 Å². The van der Waals surface area contributed by atoms with Gasteiger partial charge in [0.05, 0.1) is 13.2 Å². The van der Waals surface area contributed by atoms with E-state index in [4.69, 9.17) is 22.2 Å². The fraction of sp³-hybridized carbons (Fsp3) is 0.214. The number of hydrogen-bond donors (Lipinski definition) is 2. The predicted molar refractivity (Wildman–Crippen MR) is 76.0 cm³/mol. The van der Waals surface area contributed by atoms with Crippen molar-refractivity contribution in [1.29, 1.82) is 0 Å². The molecule has 1 heterocycles. The zero-order valence-electron chi connectivity index (χ0n) is 10.9. The molecule has 0 radical (unpaired) electrons. The molecule has 0 amide bonds. The van der Waals surface area contributed by atoms with Gasteiger partial charge in [0.1, 0.15) is 5.82 Å². The van der Waals surface area contributed by atoms with Crippen LogP contribution in [0.2, 0.25) is 5.02 Å². The Morgan fingerprint density at radius 2 is 2.20 bits per heavy atom. The second-order valence-electron chi connectivity index (χ2n) is 4.30. The van der Waals surface area contributed by atoms with Crippen molar-refractivity contribution in [1.82, 2.24) is 10.4 Å². The number of methoxy groups -OCH3 is 1. The molecule has 2 aromatic rings. The van der Waals surface area contributed by atoms with Crippen molar-refractivity contribution >= 4 is 11.6 Å². The van der Waals surface area contributed by atoms with E-state index in [2.05, 4.69) is 10.4 Å². The summed E-state index contributed by atoms with van der Waals surface area (Å²) in [6.07, 6.45) is 2.18. The van der Waals surface area contributed by atoms with Crippen LogP contribution in [0.15, 0.2) is 36.5 Å². The topological polar surface area (TPSA) is 60.2 Å². The first-order valence-corrected chi connectivity index (χ1v) is 6.42. The Kier molecular flexibility index (Phi) is 4.89. The van der Waals surface area contributed by atoms with E-state index in [0.29, 0.717) is 22.9 Å². The standard InChI is InChI=1S/C14H15ClFN3O/c1-20-14-5-2-9(8-18-14)6-13(19-17)11-4-3-10(15)7-12(11)16/h2-5,7-8,13,19H,6,17H2,1H3. The predicted octanol–water partition coefficient (Wildman–Crippen LogP) is 2.63. The number of pyridine rings is 1. The van der Waals surface area contributed by atoms with Crippen LogP contribution in [-0.4, -0.2) is 12.1 Å². The van der Waals surface area contributed by atoms with Crippen molar-refractivity contribution < 1.29 is 9.13 Å². The van der Waals surface area contributed by atoms with Crippen LogP contribution in [0, 0.1) is 5.82 Å². The molecule has 0 saturated carbocycles. The van der Waals surface area contributed by atoms with E-state index >= 15 is 0 Å². The summed E-state index contributed by atoms with van der Waals surface area (Å²) >= 11 is 5.74. The van der Waals surface area contributed by atoms with Gasteiger partial charge in [-0.05, 0) is 24.1 Å². The summed E-state index contributed by atoms with van der Waals surface area (Å²) in [5.74, 6) is 5.66. The number of rotatable bonds is 5. The molecule has 0 fully saturated rings. The zero-order valence-corrected chi connectivity index (χ0v) is 11.7. The first-order chi connectivity index (χ1) is 9.63. The molecule has 0 aliphatic rings. The maximum absolute atomic E-state index is 13.9. The van der Waals surface area contributed by atoms with E-state index in [9.17, 15) is 4.39 Å². The van der Waals surface area contributed by atoms with Crippen molar-refractivity contribution in [2.24, 2.45) is 5.84 Å². The van der Waals surface area contributed by atoms with Gasteiger partial charge in [0, 0.05) is 22.8 Å². The quantitative estimate of drug-likeness (QED) is 0.657. The maximum atomic E-state index is 13.9. The maximum Gasteiger partial charge on any atom is 0.212 e. The van der Waals surface area contributed by atoms with E-state index in [1.807, 2.05) is 6.07 Å². The molecule has 1 unspecified atom stereocenters. The Balaban J connectivity index is 2.19. The van der Waals surface area contributed by atoms with Crippen molar-refractivity contribution in [2.45, 2.75) is 12.5 Å². The molecule has 106 valence electrons. The number of ether oxygens (including phenoxy) is 1. The lowest BCUT2D eigenvalue weighted by Crippen LogP contribution is -2.30. The van der Waals surface area contributed by atoms with Crippen LogP contribution < -0.4 is 16.0 Å². The Hall–Kier alpha value is -1.69. The van der Waals surface area contributed by atoms with E-state index in [1.165, 1.54) is 6.07 Å². The van der Waals surface area contributed by atoms with E-state index in [1.54, 1.807) is 31.5 Å². The van der Waals surface area contributed by atoms with Gasteiger partial charge in [0.25, 0.3) is 0 Å². The summed E-state index contributed by atoms with van der Waals surface area (Å²) in [5.41, 5.74) is 4.00. The lowest BCUT2D eigenvalue weighted by Gasteiger charge is -2.17. The number of nitrogens with two attached hydrogens (primary N) is 1. The molecule has 4 nitrogen and oxygen atoms in total. The number of nitrogens with zero attached hydrogens (tertiary/aromatic N) is 1. The highest BCUT2D eigenvalue weighted by molar-refractivity contribution is 6.30. The molecule has 0 aliphatic carbocycles. The minimum atomic E-state index is -0.387. The highest BCUT2D eigenvalue weighted by atomic mass is 35.5. The molecule has 6 heteroatoms. The van der Waals surface area contributed by atoms with Gasteiger partial charge in [-0.25, -0.2) is 9.37 Å². The monoisotopic (exact) mass is 295 g/mol. The third-order valence-electron chi connectivity index (χ3n) is 2.99. The van der Waals surface area contributed by atoms with Crippen LogP contribution in [-0.2, 0) is 6.42 Å². The second kappa shape index (κ2) is 6.65. The van der Waals surface area contributed by atoms with Gasteiger partial charge >= 0.3 is 0 Å². The second-order valence-corrected chi connectivity index (χ2v) is 4.73. The van der Waals surface area contributed by atoms with Crippen LogP contribution in [0.3, 0.4) is 0 Å². The number of hydrogen-bond acceptors (Lipinski definition) is 4.